The molecule has 0 saturated heterocycles. The molecule has 1 unspecified atom stereocenters. The summed E-state index contributed by atoms with van der Waals surface area (Å²) in [6, 6.07) is 0. The molecule has 0 aliphatic rings. The van der Waals surface area contributed by atoms with Crippen molar-refractivity contribution in [1.29, 1.82) is 0 Å². The lowest BCUT2D eigenvalue weighted by Crippen LogP contribution is -2.26. The number of Topliss-reactive ketones (excluding diaryl/α,β-unsaturated/α-hetero) is 1. The molecule has 0 aliphatic carbocycles. The minimum absolute atomic E-state index is 0.225. The third-order valence-corrected chi connectivity index (χ3v) is 4.44. The summed E-state index contributed by atoms with van der Waals surface area (Å²) in [5, 5.41) is 4.17. The number of nitrogens with one attached hydrogen (secondary N) is 1. The molecule has 1 atom stereocenters. The van der Waals surface area contributed by atoms with Gasteiger partial charge in [0.05, 0.1) is 24.1 Å². The molecule has 0 bridgehead atoms. The van der Waals surface area contributed by atoms with Crippen LogP contribution in [0.15, 0.2) is 0 Å². The Labute approximate surface area is 151 Å². The number of ketones is 1. The van der Waals surface area contributed by atoms with E-state index in [1.54, 1.807) is 39.4 Å². The van der Waals surface area contributed by atoms with Crippen LogP contribution in [0.4, 0.5) is 0 Å². The molecule has 2 heterocycles. The van der Waals surface area contributed by atoms with Gasteiger partial charge in [-0.1, -0.05) is 0 Å². The van der Waals surface area contributed by atoms with E-state index in [1.807, 2.05) is 0 Å². The highest BCUT2D eigenvalue weighted by Gasteiger charge is 2.29. The lowest BCUT2D eigenvalue weighted by atomic mass is 10.1. The van der Waals surface area contributed by atoms with Gasteiger partial charge < -0.3 is 14.5 Å². The summed E-state index contributed by atoms with van der Waals surface area (Å²) in [7, 11) is 3.01. The van der Waals surface area contributed by atoms with Crippen LogP contribution in [0, 0.1) is 27.7 Å². The van der Waals surface area contributed by atoms with E-state index in [9.17, 15) is 14.4 Å². The third kappa shape index (κ3) is 3.26. The first-order chi connectivity index (χ1) is 12.1. The molecule has 1 N–H and O–H groups in total. The van der Waals surface area contributed by atoms with Crippen LogP contribution in [0.1, 0.15) is 60.8 Å². The molecule has 2 aromatic heterocycles. The van der Waals surface area contributed by atoms with E-state index in [4.69, 9.17) is 9.47 Å². The molecule has 26 heavy (non-hydrogen) atoms. The van der Waals surface area contributed by atoms with Crippen LogP contribution in [0.5, 0.6) is 0 Å². The fourth-order valence-corrected chi connectivity index (χ4v) is 2.95. The second-order valence-corrected chi connectivity index (χ2v) is 6.20. The van der Waals surface area contributed by atoms with Crippen LogP contribution in [0.2, 0.25) is 0 Å². The van der Waals surface area contributed by atoms with Gasteiger partial charge in [-0.3, -0.25) is 9.48 Å². The number of hydrogen-bond acceptors (Lipinski definition) is 6. The van der Waals surface area contributed by atoms with Crippen molar-refractivity contribution < 1.29 is 23.9 Å². The first kappa shape index (κ1) is 19.4. The third-order valence-electron chi connectivity index (χ3n) is 4.44. The van der Waals surface area contributed by atoms with Crippen molar-refractivity contribution in [3.05, 3.63) is 39.5 Å². The first-order valence-electron chi connectivity index (χ1n) is 8.13. The van der Waals surface area contributed by atoms with Gasteiger partial charge in [-0.05, 0) is 40.2 Å². The van der Waals surface area contributed by atoms with E-state index in [2.05, 4.69) is 10.1 Å². The van der Waals surface area contributed by atoms with E-state index < -0.39 is 23.8 Å². The SMILES string of the molecule is COC(=O)c1c(C)[nH]c(C(=O)C(C)OC(=O)c2c(C)nn(C)c2C)c1C. The summed E-state index contributed by atoms with van der Waals surface area (Å²) in [5.74, 6) is -1.56. The highest BCUT2D eigenvalue weighted by atomic mass is 16.5. The zero-order valence-electron chi connectivity index (χ0n) is 16.0. The summed E-state index contributed by atoms with van der Waals surface area (Å²) in [5.41, 5.74) is 3.07. The van der Waals surface area contributed by atoms with Crippen LogP contribution in [0.25, 0.3) is 0 Å². The van der Waals surface area contributed by atoms with E-state index >= 15 is 0 Å². The van der Waals surface area contributed by atoms with Gasteiger partial charge in [0.1, 0.15) is 5.56 Å². The Balaban J connectivity index is 2.25. The number of aromatic amines is 1. The molecule has 0 amide bonds. The number of ether oxygens (including phenoxy) is 2. The Morgan fingerprint density at radius 3 is 2.19 bits per heavy atom. The Kier molecular flexibility index (Phi) is 5.34. The van der Waals surface area contributed by atoms with Crippen molar-refractivity contribution in [1.82, 2.24) is 14.8 Å². The second kappa shape index (κ2) is 7.15. The van der Waals surface area contributed by atoms with E-state index in [1.165, 1.54) is 14.0 Å². The van der Waals surface area contributed by atoms with Gasteiger partial charge in [0.25, 0.3) is 0 Å². The van der Waals surface area contributed by atoms with Gasteiger partial charge in [-0.25, -0.2) is 9.59 Å². The monoisotopic (exact) mass is 361 g/mol. The predicted octanol–water partition coefficient (Wildman–Crippen LogP) is 2.20. The Bertz CT molecular complexity index is 891. The topological polar surface area (TPSA) is 103 Å². The second-order valence-electron chi connectivity index (χ2n) is 6.20. The number of H-pyrrole nitrogens is 1. The quantitative estimate of drug-likeness (QED) is 0.647. The molecule has 8 heteroatoms. The summed E-state index contributed by atoms with van der Waals surface area (Å²) in [6.45, 7) is 8.28. The lowest BCUT2D eigenvalue weighted by molar-refractivity contribution is 0.0315. The number of carbonyl (C=O) groups excluding carboxylic acids is 3. The molecule has 0 radical (unpaired) electrons. The van der Waals surface area contributed by atoms with Crippen LogP contribution in [-0.2, 0) is 16.5 Å². The molecular weight excluding hydrogens is 338 g/mol. The zero-order chi connectivity index (χ0) is 19.8. The molecule has 2 rings (SSSR count). The maximum Gasteiger partial charge on any atom is 0.342 e. The maximum absolute atomic E-state index is 12.7. The largest absolute Gasteiger partial charge is 0.465 e. The highest BCUT2D eigenvalue weighted by molar-refractivity contribution is 6.04. The minimum Gasteiger partial charge on any atom is -0.465 e. The van der Waals surface area contributed by atoms with Gasteiger partial charge in [-0.2, -0.15) is 5.10 Å². The number of esters is 2. The van der Waals surface area contributed by atoms with Crippen molar-refractivity contribution in [3.63, 3.8) is 0 Å². The van der Waals surface area contributed by atoms with Gasteiger partial charge in [0, 0.05) is 18.4 Å². The average molecular weight is 361 g/mol. The van der Waals surface area contributed by atoms with Gasteiger partial charge in [0.2, 0.25) is 5.78 Å². The Hall–Kier alpha value is -2.90. The fourth-order valence-electron chi connectivity index (χ4n) is 2.95. The molecule has 0 fully saturated rings. The van der Waals surface area contributed by atoms with Crippen molar-refractivity contribution in [2.75, 3.05) is 7.11 Å². The molecule has 0 saturated carbocycles. The fraction of sp³-hybridized carbons (Fsp3) is 0.444. The number of nitrogens with zero attached hydrogens (tertiary/aromatic N) is 2. The van der Waals surface area contributed by atoms with Crippen LogP contribution >= 0.6 is 0 Å². The van der Waals surface area contributed by atoms with Crippen molar-refractivity contribution in [2.45, 2.75) is 40.7 Å². The van der Waals surface area contributed by atoms with Crippen molar-refractivity contribution >= 4 is 17.7 Å². The maximum atomic E-state index is 12.7. The normalized spacial score (nSPS) is 12.0. The number of methoxy groups -OCH3 is 1. The molecule has 8 nitrogen and oxygen atoms in total. The van der Waals surface area contributed by atoms with Crippen molar-refractivity contribution in [3.8, 4) is 0 Å². The summed E-state index contributed by atoms with van der Waals surface area (Å²) in [4.78, 5) is 39.9. The number of aromatic nitrogens is 3. The summed E-state index contributed by atoms with van der Waals surface area (Å²) < 4.78 is 11.7. The number of rotatable bonds is 5. The average Bonchev–Trinajstić information content (AvgIpc) is 3.01. The summed E-state index contributed by atoms with van der Waals surface area (Å²) >= 11 is 0. The van der Waals surface area contributed by atoms with Gasteiger partial charge in [0.15, 0.2) is 6.10 Å². The standard InChI is InChI=1S/C18H23N3O5/c1-8-13(17(23)25-7)9(2)19-15(8)16(22)12(5)26-18(24)14-10(3)20-21(6)11(14)4/h12,19H,1-7H3. The number of hydrogen-bond donors (Lipinski definition) is 1. The molecule has 0 aliphatic heterocycles. The molecular formula is C18H23N3O5. The molecule has 140 valence electrons. The predicted molar refractivity (Wildman–Crippen MR) is 93.5 cm³/mol. The number of carbonyl (C=O) groups is 3. The van der Waals surface area contributed by atoms with E-state index in [0.29, 0.717) is 33.8 Å². The molecule has 0 spiro atoms. The van der Waals surface area contributed by atoms with E-state index in [-0.39, 0.29) is 5.69 Å². The lowest BCUT2D eigenvalue weighted by Gasteiger charge is -2.12. The smallest absolute Gasteiger partial charge is 0.342 e. The molecule has 0 aromatic carbocycles. The van der Waals surface area contributed by atoms with Gasteiger partial charge in [-0.15, -0.1) is 0 Å². The van der Waals surface area contributed by atoms with E-state index in [0.717, 1.165) is 0 Å². The van der Waals surface area contributed by atoms with Crippen LogP contribution in [0.3, 0.4) is 0 Å². The zero-order valence-corrected chi connectivity index (χ0v) is 16.0. The Morgan fingerprint density at radius 2 is 1.69 bits per heavy atom. The highest BCUT2D eigenvalue weighted by Crippen LogP contribution is 2.21. The molecule has 2 aromatic rings. The van der Waals surface area contributed by atoms with Crippen molar-refractivity contribution in [2.24, 2.45) is 7.05 Å². The van der Waals surface area contributed by atoms with Gasteiger partial charge >= 0.3 is 11.9 Å². The van der Waals surface area contributed by atoms with Crippen LogP contribution < -0.4 is 0 Å². The minimum atomic E-state index is -1.02. The number of aryl methyl sites for hydroxylation is 3. The van der Waals surface area contributed by atoms with Crippen LogP contribution in [-0.4, -0.2) is 45.7 Å². The summed E-state index contributed by atoms with van der Waals surface area (Å²) in [6.07, 6.45) is -1.02. The first-order valence-corrected chi connectivity index (χ1v) is 8.13. The Morgan fingerprint density at radius 1 is 1.08 bits per heavy atom.